The van der Waals surface area contributed by atoms with Crippen molar-refractivity contribution < 1.29 is 18.9 Å². The number of hydrogen-bond donors (Lipinski definition) is 0. The van der Waals surface area contributed by atoms with Crippen molar-refractivity contribution in [2.24, 2.45) is 0 Å². The zero-order chi connectivity index (χ0) is 10.4. The van der Waals surface area contributed by atoms with Gasteiger partial charge in [-0.2, -0.15) is 0 Å². The summed E-state index contributed by atoms with van der Waals surface area (Å²) in [6.45, 7) is 5.27. The van der Waals surface area contributed by atoms with Gasteiger partial charge in [0.15, 0.2) is 5.79 Å². The lowest BCUT2D eigenvalue weighted by Crippen LogP contribution is -2.20. The molecule has 1 atom stereocenters. The van der Waals surface area contributed by atoms with Gasteiger partial charge in [-0.05, 0) is 13.8 Å². The van der Waals surface area contributed by atoms with Crippen LogP contribution in [0.1, 0.15) is 13.8 Å². The van der Waals surface area contributed by atoms with E-state index in [9.17, 15) is 0 Å². The second-order valence-corrected chi connectivity index (χ2v) is 3.57. The van der Waals surface area contributed by atoms with Gasteiger partial charge in [-0.15, -0.1) is 0 Å². The fourth-order valence-electron chi connectivity index (χ4n) is 1.22. The molecule has 0 unspecified atom stereocenters. The maximum absolute atomic E-state index is 5.56. The van der Waals surface area contributed by atoms with E-state index in [1.165, 1.54) is 0 Å². The largest absolute Gasteiger partial charge is 0.359 e. The molecule has 1 rings (SSSR count). The third kappa shape index (κ3) is 4.19. The number of hydrogen-bond acceptors (Lipinski definition) is 4. The summed E-state index contributed by atoms with van der Waals surface area (Å²) < 4.78 is 20.8. The molecule has 0 aromatic heterocycles. The molecule has 0 bridgehead atoms. The molecule has 0 amide bonds. The molecule has 0 radical (unpaired) electrons. The molecule has 4 nitrogen and oxygen atoms in total. The number of rotatable bonds is 5. The smallest absolute Gasteiger partial charge is 0.163 e. The van der Waals surface area contributed by atoms with Crippen molar-refractivity contribution in [3.05, 3.63) is 12.2 Å². The van der Waals surface area contributed by atoms with Gasteiger partial charge in [0.25, 0.3) is 0 Å². The van der Waals surface area contributed by atoms with E-state index < -0.39 is 5.79 Å². The zero-order valence-corrected chi connectivity index (χ0v) is 8.99. The topological polar surface area (TPSA) is 36.9 Å². The summed E-state index contributed by atoms with van der Waals surface area (Å²) in [6.07, 6.45) is 3.90. The van der Waals surface area contributed by atoms with Crippen molar-refractivity contribution >= 4 is 0 Å². The molecule has 4 heteroatoms. The first kappa shape index (κ1) is 11.7. The van der Waals surface area contributed by atoms with Gasteiger partial charge >= 0.3 is 0 Å². The van der Waals surface area contributed by atoms with Gasteiger partial charge in [0.1, 0.15) is 12.9 Å². The average Bonchev–Trinajstić information content (AvgIpc) is 2.45. The van der Waals surface area contributed by atoms with Crippen molar-refractivity contribution in [2.75, 3.05) is 27.1 Å². The summed E-state index contributed by atoms with van der Waals surface area (Å²) in [7, 11) is 1.60. The Bertz CT molecular complexity index is 189. The fraction of sp³-hybridized carbons (Fsp3) is 0.800. The summed E-state index contributed by atoms with van der Waals surface area (Å²) in [5.41, 5.74) is 0. The van der Waals surface area contributed by atoms with Crippen molar-refractivity contribution in [1.29, 1.82) is 0 Å². The van der Waals surface area contributed by atoms with Gasteiger partial charge in [-0.25, -0.2) is 0 Å². The van der Waals surface area contributed by atoms with Crippen LogP contribution in [0.25, 0.3) is 0 Å². The van der Waals surface area contributed by atoms with Crippen LogP contribution in [0.2, 0.25) is 0 Å². The third-order valence-corrected chi connectivity index (χ3v) is 1.80. The highest BCUT2D eigenvalue weighted by Gasteiger charge is 2.30. The summed E-state index contributed by atoms with van der Waals surface area (Å²) in [6, 6.07) is 0. The fourth-order valence-corrected chi connectivity index (χ4v) is 1.22. The molecule has 0 aromatic carbocycles. The van der Waals surface area contributed by atoms with E-state index in [2.05, 4.69) is 0 Å². The maximum atomic E-state index is 5.56. The Morgan fingerprint density at radius 3 is 2.86 bits per heavy atom. The van der Waals surface area contributed by atoms with Gasteiger partial charge in [0.2, 0.25) is 0 Å². The first-order chi connectivity index (χ1) is 6.64. The molecule has 1 aliphatic rings. The van der Waals surface area contributed by atoms with Gasteiger partial charge in [0.05, 0.1) is 13.2 Å². The zero-order valence-electron chi connectivity index (χ0n) is 8.99. The lowest BCUT2D eigenvalue weighted by atomic mass is 10.3. The Morgan fingerprint density at radius 2 is 2.29 bits per heavy atom. The van der Waals surface area contributed by atoms with Crippen molar-refractivity contribution in [2.45, 2.75) is 25.7 Å². The van der Waals surface area contributed by atoms with E-state index in [0.717, 1.165) is 0 Å². The van der Waals surface area contributed by atoms with Gasteiger partial charge < -0.3 is 18.9 Å². The third-order valence-electron chi connectivity index (χ3n) is 1.80. The van der Waals surface area contributed by atoms with E-state index >= 15 is 0 Å². The van der Waals surface area contributed by atoms with Gasteiger partial charge in [0, 0.05) is 7.11 Å². The predicted molar refractivity (Wildman–Crippen MR) is 51.9 cm³/mol. The van der Waals surface area contributed by atoms with Gasteiger partial charge in [-0.3, -0.25) is 0 Å². The lowest BCUT2D eigenvalue weighted by Gasteiger charge is -2.15. The Morgan fingerprint density at radius 1 is 1.50 bits per heavy atom. The Kier molecular flexibility index (Phi) is 4.54. The molecule has 82 valence electrons. The second-order valence-electron chi connectivity index (χ2n) is 3.57. The summed E-state index contributed by atoms with van der Waals surface area (Å²) in [4.78, 5) is 0. The van der Waals surface area contributed by atoms with Crippen LogP contribution in [0.5, 0.6) is 0 Å². The minimum Gasteiger partial charge on any atom is -0.359 e. The molecule has 0 spiro atoms. The average molecular weight is 202 g/mol. The van der Waals surface area contributed by atoms with E-state index in [-0.39, 0.29) is 6.10 Å². The van der Waals surface area contributed by atoms with Crippen molar-refractivity contribution in [3.63, 3.8) is 0 Å². The molecule has 1 aliphatic heterocycles. The van der Waals surface area contributed by atoms with E-state index in [4.69, 9.17) is 18.9 Å². The Hall–Kier alpha value is -0.420. The number of methoxy groups -OCH3 is 1. The predicted octanol–water partition coefficient (Wildman–Crippen LogP) is 1.31. The summed E-state index contributed by atoms with van der Waals surface area (Å²) in [5.74, 6) is -0.456. The molecule has 1 saturated heterocycles. The Balaban J connectivity index is 2.13. The SMILES string of the molecule is COCOC/C=C\[C@H]1COC(C)(C)O1. The maximum Gasteiger partial charge on any atom is 0.163 e. The van der Waals surface area contributed by atoms with Crippen LogP contribution >= 0.6 is 0 Å². The summed E-state index contributed by atoms with van der Waals surface area (Å²) >= 11 is 0. The standard InChI is InChI=1S/C10H18O4/c1-10(2)13-7-9(14-10)5-4-6-12-8-11-3/h4-5,9H,6-8H2,1-3H3/b5-4-/t9-/m0/s1. The normalized spacial score (nSPS) is 26.1. The molecule has 0 saturated carbocycles. The quantitative estimate of drug-likeness (QED) is 0.383. The first-order valence-corrected chi connectivity index (χ1v) is 4.69. The molecular weight excluding hydrogens is 184 g/mol. The van der Waals surface area contributed by atoms with E-state index in [1.54, 1.807) is 7.11 Å². The van der Waals surface area contributed by atoms with Crippen LogP contribution < -0.4 is 0 Å². The molecule has 0 N–H and O–H groups in total. The van der Waals surface area contributed by atoms with Crippen molar-refractivity contribution in [1.82, 2.24) is 0 Å². The first-order valence-electron chi connectivity index (χ1n) is 4.69. The molecule has 1 heterocycles. The molecule has 0 aromatic rings. The Labute approximate surface area is 84.8 Å². The minimum absolute atomic E-state index is 0.0381. The van der Waals surface area contributed by atoms with Crippen LogP contribution in [0.15, 0.2) is 12.2 Å². The van der Waals surface area contributed by atoms with Crippen LogP contribution in [0.4, 0.5) is 0 Å². The highest BCUT2D eigenvalue weighted by Crippen LogP contribution is 2.22. The highest BCUT2D eigenvalue weighted by molar-refractivity contribution is 4.92. The van der Waals surface area contributed by atoms with Crippen LogP contribution in [0, 0.1) is 0 Å². The monoisotopic (exact) mass is 202 g/mol. The highest BCUT2D eigenvalue weighted by atomic mass is 16.7. The van der Waals surface area contributed by atoms with Crippen molar-refractivity contribution in [3.8, 4) is 0 Å². The number of ether oxygens (including phenoxy) is 4. The second kappa shape index (κ2) is 5.46. The van der Waals surface area contributed by atoms with E-state index in [1.807, 2.05) is 26.0 Å². The molecule has 0 aliphatic carbocycles. The minimum atomic E-state index is -0.456. The lowest BCUT2D eigenvalue weighted by molar-refractivity contribution is -0.133. The summed E-state index contributed by atoms with van der Waals surface area (Å²) in [5, 5.41) is 0. The van der Waals surface area contributed by atoms with Crippen LogP contribution in [-0.2, 0) is 18.9 Å². The van der Waals surface area contributed by atoms with Gasteiger partial charge in [-0.1, -0.05) is 12.2 Å². The van der Waals surface area contributed by atoms with E-state index in [0.29, 0.717) is 20.0 Å². The molecule has 14 heavy (non-hydrogen) atoms. The molecular formula is C10H18O4. The van der Waals surface area contributed by atoms with Crippen LogP contribution in [-0.4, -0.2) is 39.0 Å². The van der Waals surface area contributed by atoms with Crippen LogP contribution in [0.3, 0.4) is 0 Å². The molecule has 1 fully saturated rings.